The summed E-state index contributed by atoms with van der Waals surface area (Å²) in [6, 6.07) is -0.427. The highest BCUT2D eigenvalue weighted by Gasteiger charge is 2.18. The van der Waals surface area contributed by atoms with Gasteiger partial charge in [0.15, 0.2) is 5.82 Å². The van der Waals surface area contributed by atoms with Crippen LogP contribution >= 0.6 is 0 Å². The lowest BCUT2D eigenvalue weighted by Crippen LogP contribution is -2.27. The number of imidazole rings is 1. The van der Waals surface area contributed by atoms with Crippen LogP contribution < -0.4 is 11.0 Å². The third-order valence-electron chi connectivity index (χ3n) is 2.52. The summed E-state index contributed by atoms with van der Waals surface area (Å²) in [5.74, 6) is 0.546. The van der Waals surface area contributed by atoms with Gasteiger partial charge in [0.2, 0.25) is 5.89 Å². The van der Waals surface area contributed by atoms with Crippen molar-refractivity contribution in [3.63, 3.8) is 0 Å². The molecule has 0 aliphatic rings. The third kappa shape index (κ3) is 3.09. The monoisotopic (exact) mass is 265 g/mol. The average Bonchev–Trinajstić information content (AvgIpc) is 2.98. The zero-order chi connectivity index (χ0) is 13.8. The topological polar surface area (TPSA) is 117 Å². The van der Waals surface area contributed by atoms with Crippen LogP contribution in [-0.2, 0) is 6.42 Å². The molecule has 0 aromatic carbocycles. The Morgan fingerprint density at radius 1 is 1.58 bits per heavy atom. The molecule has 0 aliphatic heterocycles. The standard InChI is InChI=1S/C11H15N5O3/c1-3-4-8-15-10(19-16-8)6(2)13-9(17)7-5-12-11(18)14-7/h5-6H,3-4H2,1-2H3,(H,13,17)(H2,12,14,18)/t6-/m1/s1. The van der Waals surface area contributed by atoms with Gasteiger partial charge in [-0.15, -0.1) is 0 Å². The minimum absolute atomic E-state index is 0.158. The van der Waals surface area contributed by atoms with Crippen molar-refractivity contribution in [3.8, 4) is 0 Å². The minimum atomic E-state index is -0.430. The molecule has 0 bridgehead atoms. The minimum Gasteiger partial charge on any atom is -0.339 e. The number of hydrogen-bond acceptors (Lipinski definition) is 5. The van der Waals surface area contributed by atoms with Gasteiger partial charge in [0.1, 0.15) is 11.7 Å². The summed E-state index contributed by atoms with van der Waals surface area (Å²) in [5, 5.41) is 6.47. The summed E-state index contributed by atoms with van der Waals surface area (Å²) < 4.78 is 5.07. The van der Waals surface area contributed by atoms with Crippen LogP contribution in [0, 0.1) is 0 Å². The zero-order valence-electron chi connectivity index (χ0n) is 10.7. The van der Waals surface area contributed by atoms with Gasteiger partial charge in [0.05, 0.1) is 0 Å². The molecule has 0 fully saturated rings. The van der Waals surface area contributed by atoms with E-state index in [0.29, 0.717) is 11.7 Å². The summed E-state index contributed by atoms with van der Waals surface area (Å²) in [5.41, 5.74) is -0.272. The lowest BCUT2D eigenvalue weighted by Gasteiger charge is -2.07. The fourth-order valence-electron chi connectivity index (χ4n) is 1.56. The maximum Gasteiger partial charge on any atom is 0.323 e. The highest BCUT2D eigenvalue weighted by Crippen LogP contribution is 2.10. The Balaban J connectivity index is 2.01. The molecule has 8 nitrogen and oxygen atoms in total. The Morgan fingerprint density at radius 3 is 3.00 bits per heavy atom. The molecule has 1 atom stereocenters. The molecule has 0 spiro atoms. The number of rotatable bonds is 5. The second kappa shape index (κ2) is 5.51. The molecule has 2 rings (SSSR count). The second-order valence-electron chi connectivity index (χ2n) is 4.15. The molecule has 2 aromatic heterocycles. The third-order valence-corrected chi connectivity index (χ3v) is 2.52. The van der Waals surface area contributed by atoms with Crippen molar-refractivity contribution in [2.45, 2.75) is 32.7 Å². The number of nitrogens with one attached hydrogen (secondary N) is 3. The lowest BCUT2D eigenvalue weighted by atomic mass is 10.3. The molecule has 0 saturated heterocycles. The Morgan fingerprint density at radius 2 is 2.37 bits per heavy atom. The van der Waals surface area contributed by atoms with Crippen LogP contribution in [0.3, 0.4) is 0 Å². The van der Waals surface area contributed by atoms with E-state index in [1.165, 1.54) is 6.20 Å². The predicted molar refractivity (Wildman–Crippen MR) is 65.6 cm³/mol. The SMILES string of the molecule is CCCc1noc([C@@H](C)NC(=O)c2c[nH]c(=O)[nH]2)n1. The van der Waals surface area contributed by atoms with E-state index in [9.17, 15) is 9.59 Å². The van der Waals surface area contributed by atoms with Crippen LogP contribution in [0.15, 0.2) is 15.5 Å². The molecule has 0 unspecified atom stereocenters. The van der Waals surface area contributed by atoms with E-state index in [-0.39, 0.29) is 5.69 Å². The summed E-state index contributed by atoms with van der Waals surface area (Å²) in [4.78, 5) is 31.6. The molecule has 0 saturated carbocycles. The molecule has 1 amide bonds. The quantitative estimate of drug-likeness (QED) is 0.729. The Hall–Kier alpha value is -2.38. The maximum atomic E-state index is 11.8. The molecule has 3 N–H and O–H groups in total. The molecule has 8 heteroatoms. The first-order valence-corrected chi connectivity index (χ1v) is 6.01. The number of carbonyl (C=O) groups is 1. The van der Waals surface area contributed by atoms with E-state index in [1.807, 2.05) is 6.92 Å². The van der Waals surface area contributed by atoms with Crippen molar-refractivity contribution < 1.29 is 9.32 Å². The van der Waals surface area contributed by atoms with Gasteiger partial charge in [-0.05, 0) is 13.3 Å². The molecule has 2 aromatic rings. The Kier molecular flexibility index (Phi) is 3.79. The number of carbonyl (C=O) groups excluding carboxylic acids is 1. The van der Waals surface area contributed by atoms with Crippen molar-refractivity contribution in [1.29, 1.82) is 0 Å². The number of aryl methyl sites for hydroxylation is 1. The summed E-state index contributed by atoms with van der Waals surface area (Å²) in [6.07, 6.45) is 2.96. The predicted octanol–water partition coefficient (Wildman–Crippen LogP) is 0.530. The van der Waals surface area contributed by atoms with E-state index in [1.54, 1.807) is 6.92 Å². The van der Waals surface area contributed by atoms with Crippen molar-refractivity contribution >= 4 is 5.91 Å². The molecule has 2 heterocycles. The van der Waals surface area contributed by atoms with Gasteiger partial charge in [-0.1, -0.05) is 12.1 Å². The van der Waals surface area contributed by atoms with Gasteiger partial charge in [-0.25, -0.2) is 4.79 Å². The van der Waals surface area contributed by atoms with Gasteiger partial charge in [-0.3, -0.25) is 4.79 Å². The van der Waals surface area contributed by atoms with Gasteiger partial charge in [-0.2, -0.15) is 4.98 Å². The number of amides is 1. The Labute approximate surface area is 108 Å². The number of aromatic nitrogens is 4. The van der Waals surface area contributed by atoms with Crippen LogP contribution in [0.2, 0.25) is 0 Å². The highest BCUT2D eigenvalue weighted by atomic mass is 16.5. The molecule has 102 valence electrons. The van der Waals surface area contributed by atoms with E-state index in [0.717, 1.165) is 12.8 Å². The first-order chi connectivity index (χ1) is 9.10. The van der Waals surface area contributed by atoms with Gasteiger partial charge in [0.25, 0.3) is 5.91 Å². The van der Waals surface area contributed by atoms with Gasteiger partial charge in [0, 0.05) is 12.6 Å². The molecule has 0 aliphatic carbocycles. The number of nitrogens with zero attached hydrogens (tertiary/aromatic N) is 2. The first-order valence-electron chi connectivity index (χ1n) is 6.01. The number of hydrogen-bond donors (Lipinski definition) is 3. The van der Waals surface area contributed by atoms with E-state index < -0.39 is 17.6 Å². The summed E-state index contributed by atoms with van der Waals surface area (Å²) in [6.45, 7) is 3.75. The fourth-order valence-corrected chi connectivity index (χ4v) is 1.56. The normalized spacial score (nSPS) is 12.3. The molecular formula is C11H15N5O3. The van der Waals surface area contributed by atoms with Crippen LogP contribution in [0.25, 0.3) is 0 Å². The van der Waals surface area contributed by atoms with Crippen LogP contribution in [-0.4, -0.2) is 26.0 Å². The number of H-pyrrole nitrogens is 2. The average molecular weight is 265 g/mol. The summed E-state index contributed by atoms with van der Waals surface area (Å²) >= 11 is 0. The first kappa shape index (κ1) is 13.1. The highest BCUT2D eigenvalue weighted by molar-refractivity contribution is 5.92. The number of aromatic amines is 2. The largest absolute Gasteiger partial charge is 0.339 e. The van der Waals surface area contributed by atoms with Gasteiger partial charge < -0.3 is 19.8 Å². The zero-order valence-corrected chi connectivity index (χ0v) is 10.7. The smallest absolute Gasteiger partial charge is 0.323 e. The maximum absolute atomic E-state index is 11.8. The lowest BCUT2D eigenvalue weighted by molar-refractivity contribution is 0.0928. The molecule has 19 heavy (non-hydrogen) atoms. The second-order valence-corrected chi connectivity index (χ2v) is 4.15. The van der Waals surface area contributed by atoms with Crippen molar-refractivity contribution in [2.24, 2.45) is 0 Å². The van der Waals surface area contributed by atoms with Crippen molar-refractivity contribution in [2.75, 3.05) is 0 Å². The van der Waals surface area contributed by atoms with Crippen molar-refractivity contribution in [1.82, 2.24) is 25.4 Å². The molecular weight excluding hydrogens is 250 g/mol. The molecule has 0 radical (unpaired) electrons. The van der Waals surface area contributed by atoms with Gasteiger partial charge >= 0.3 is 5.69 Å². The van der Waals surface area contributed by atoms with Crippen LogP contribution in [0.4, 0.5) is 0 Å². The fraction of sp³-hybridized carbons (Fsp3) is 0.455. The van der Waals surface area contributed by atoms with Crippen molar-refractivity contribution in [3.05, 3.63) is 34.1 Å². The van der Waals surface area contributed by atoms with E-state index >= 15 is 0 Å². The summed E-state index contributed by atoms with van der Waals surface area (Å²) in [7, 11) is 0. The van der Waals surface area contributed by atoms with Crippen LogP contribution in [0.5, 0.6) is 0 Å². The Bertz CT molecular complexity index is 612. The van der Waals surface area contributed by atoms with Crippen LogP contribution in [0.1, 0.15) is 48.5 Å². The van der Waals surface area contributed by atoms with E-state index in [4.69, 9.17) is 4.52 Å². The van der Waals surface area contributed by atoms with E-state index in [2.05, 4.69) is 25.4 Å².